The van der Waals surface area contributed by atoms with E-state index in [9.17, 15) is 0 Å². The predicted molar refractivity (Wildman–Crippen MR) is 264 cm³/mol. The Balaban J connectivity index is 0.791. The first kappa shape index (κ1) is 36.7. The highest BCUT2D eigenvalue weighted by atomic mass is 16.5. The Morgan fingerprint density at radius 2 is 0.613 bits per heavy atom. The molecule has 0 bridgehead atoms. The molecule has 298 valence electrons. The minimum absolute atomic E-state index is 0.640. The first-order chi connectivity index (χ1) is 30.8. The first-order valence-electron chi connectivity index (χ1n) is 22.4. The van der Waals surface area contributed by atoms with Gasteiger partial charge in [-0.1, -0.05) is 170 Å². The summed E-state index contributed by atoms with van der Waals surface area (Å²) in [5.74, 6) is 1.81. The van der Waals surface area contributed by atoms with Gasteiger partial charge in [0.1, 0.15) is 11.5 Å². The van der Waals surface area contributed by atoms with Crippen molar-refractivity contribution in [2.75, 3.05) is 13.2 Å². The summed E-state index contributed by atoms with van der Waals surface area (Å²) >= 11 is 0. The number of aryl methyl sites for hydroxylation is 2. The Bertz CT molecular complexity index is 3330. The van der Waals surface area contributed by atoms with E-state index in [4.69, 9.17) is 9.47 Å². The van der Waals surface area contributed by atoms with E-state index in [-0.39, 0.29) is 0 Å². The average molecular weight is 799 g/mol. The Labute approximate surface area is 361 Å². The van der Waals surface area contributed by atoms with Crippen LogP contribution < -0.4 is 9.47 Å². The van der Waals surface area contributed by atoms with Crippen molar-refractivity contribution < 1.29 is 9.47 Å². The molecule has 0 saturated carbocycles. The maximum atomic E-state index is 6.84. The summed E-state index contributed by atoms with van der Waals surface area (Å²) in [5, 5.41) is 20.9. The van der Waals surface area contributed by atoms with Crippen LogP contribution in [0.25, 0.3) is 97.3 Å². The minimum atomic E-state index is 0.640. The van der Waals surface area contributed by atoms with Crippen molar-refractivity contribution in [1.29, 1.82) is 0 Å². The third kappa shape index (κ3) is 6.24. The van der Waals surface area contributed by atoms with E-state index in [0.717, 1.165) is 61.2 Å². The van der Waals surface area contributed by atoms with E-state index < -0.39 is 0 Å². The molecule has 0 spiro atoms. The van der Waals surface area contributed by atoms with Crippen LogP contribution in [0.3, 0.4) is 0 Å². The van der Waals surface area contributed by atoms with Crippen molar-refractivity contribution in [1.82, 2.24) is 0 Å². The monoisotopic (exact) mass is 798 g/mol. The number of rotatable bonds is 13. The van der Waals surface area contributed by atoms with E-state index in [0.29, 0.717) is 13.2 Å². The normalized spacial score (nSPS) is 12.1. The number of ether oxygens (including phenoxy) is 2. The van der Waals surface area contributed by atoms with Crippen LogP contribution in [0.2, 0.25) is 0 Å². The maximum absolute atomic E-state index is 6.84. The fraction of sp³-hybridized carbons (Fsp3) is 0.133. The molecule has 2 nitrogen and oxygen atoms in total. The van der Waals surface area contributed by atoms with Gasteiger partial charge in [0.25, 0.3) is 0 Å². The molecule has 0 unspecified atom stereocenters. The summed E-state index contributed by atoms with van der Waals surface area (Å²) < 4.78 is 13.7. The fourth-order valence-electron chi connectivity index (χ4n) is 10.5. The zero-order chi connectivity index (χ0) is 41.0. The molecule has 62 heavy (non-hydrogen) atoms. The topological polar surface area (TPSA) is 18.5 Å². The molecule has 0 amide bonds. The van der Waals surface area contributed by atoms with E-state index in [1.54, 1.807) is 0 Å². The van der Waals surface area contributed by atoms with Crippen molar-refractivity contribution in [2.24, 2.45) is 0 Å². The lowest BCUT2D eigenvalue weighted by Gasteiger charge is -2.20. The average Bonchev–Trinajstić information content (AvgIpc) is 3.32. The van der Waals surface area contributed by atoms with Gasteiger partial charge in [-0.3, -0.25) is 0 Å². The van der Waals surface area contributed by atoms with Crippen LogP contribution in [-0.2, 0) is 12.8 Å². The third-order valence-corrected chi connectivity index (χ3v) is 13.5. The van der Waals surface area contributed by atoms with E-state index in [1.165, 1.54) is 97.3 Å². The largest absolute Gasteiger partial charge is 0.493 e. The predicted octanol–water partition coefficient (Wildman–Crippen LogP) is 16.3. The van der Waals surface area contributed by atoms with Crippen molar-refractivity contribution in [3.05, 3.63) is 193 Å². The summed E-state index contributed by atoms with van der Waals surface area (Å²) in [6.07, 6.45) is 6.03. The van der Waals surface area contributed by atoms with Crippen LogP contribution in [0.1, 0.15) is 36.8 Å². The van der Waals surface area contributed by atoms with E-state index in [1.807, 2.05) is 0 Å². The Hall–Kier alpha value is -7.16. The molecule has 0 radical (unpaired) electrons. The fourth-order valence-corrected chi connectivity index (χ4v) is 10.5. The number of hydrogen-bond acceptors (Lipinski definition) is 2. The van der Waals surface area contributed by atoms with Crippen LogP contribution in [0.5, 0.6) is 11.5 Å². The molecule has 2 heteroatoms. The lowest BCUT2D eigenvalue weighted by Crippen LogP contribution is -2.03. The molecule has 0 aliphatic heterocycles. The van der Waals surface area contributed by atoms with Crippen molar-refractivity contribution in [2.45, 2.75) is 38.5 Å². The maximum Gasteiger partial charge on any atom is 0.127 e. The Morgan fingerprint density at radius 1 is 0.258 bits per heavy atom. The second-order valence-electron chi connectivity index (χ2n) is 17.1. The molecule has 12 aromatic carbocycles. The number of unbranched alkanes of at least 4 members (excludes halogenated alkanes) is 2. The number of fused-ring (bicyclic) bond motifs is 2. The molecule has 12 rings (SSSR count). The van der Waals surface area contributed by atoms with Gasteiger partial charge in [0, 0.05) is 11.1 Å². The zero-order valence-electron chi connectivity index (χ0n) is 34.8. The van der Waals surface area contributed by atoms with Gasteiger partial charge in [0.15, 0.2) is 0 Å². The number of benzene rings is 12. The summed E-state index contributed by atoms with van der Waals surface area (Å²) in [7, 11) is 0. The quantitative estimate of drug-likeness (QED) is 0.0854. The third-order valence-electron chi connectivity index (χ3n) is 13.5. The molecule has 0 aliphatic carbocycles. The van der Waals surface area contributed by atoms with Crippen LogP contribution in [-0.4, -0.2) is 13.2 Å². The van der Waals surface area contributed by atoms with Crippen LogP contribution >= 0.6 is 0 Å². The highest BCUT2D eigenvalue weighted by Crippen LogP contribution is 2.46. The lowest BCUT2D eigenvalue weighted by molar-refractivity contribution is 0.304. The molecule has 0 aromatic heterocycles. The summed E-state index contributed by atoms with van der Waals surface area (Å²) in [5.41, 5.74) is 5.04. The molecule has 0 saturated heterocycles. The summed E-state index contributed by atoms with van der Waals surface area (Å²) in [6, 6.07) is 66.9. The standard InChI is InChI=1S/C60H46O2/c1-3-19-49-41(11-1)31-35-53(61-37-7-5-13-39-21-23-47-27-25-43-15-9-17-45-29-33-51(39)57(47)55(43)45)59(49)60-50-20-4-2-12-42(50)32-36-54(60)62-38-8-6-14-40-22-24-48-28-26-44-16-10-18-46-30-34-52(40)58(48)56(44)46/h1-4,9-12,15-36H,5-8,13-14,37-38H2. The van der Waals surface area contributed by atoms with Crippen LogP contribution in [0.4, 0.5) is 0 Å². The van der Waals surface area contributed by atoms with Crippen LogP contribution in [0, 0.1) is 0 Å². The molecular formula is C60H46O2. The van der Waals surface area contributed by atoms with Gasteiger partial charge < -0.3 is 9.47 Å². The zero-order valence-corrected chi connectivity index (χ0v) is 34.8. The second-order valence-corrected chi connectivity index (χ2v) is 17.1. The van der Waals surface area contributed by atoms with Gasteiger partial charge in [-0.25, -0.2) is 0 Å². The first-order valence-corrected chi connectivity index (χ1v) is 22.4. The number of hydrogen-bond donors (Lipinski definition) is 0. The van der Waals surface area contributed by atoms with Crippen LogP contribution in [0.15, 0.2) is 182 Å². The van der Waals surface area contributed by atoms with E-state index >= 15 is 0 Å². The SMILES string of the molecule is c1ccc2c(-c3c(OCCCCc4ccc5ccc6cccc7ccc4c5c67)ccc4ccccc34)c(OCCCCc3ccc4ccc5cccc6ccc3c4c56)ccc2c1. The molecule has 12 aromatic rings. The second kappa shape index (κ2) is 15.4. The van der Waals surface area contributed by atoms with Gasteiger partial charge in [0.2, 0.25) is 0 Å². The van der Waals surface area contributed by atoms with Gasteiger partial charge in [-0.05, 0) is 148 Å². The molecule has 0 N–H and O–H groups in total. The summed E-state index contributed by atoms with van der Waals surface area (Å²) in [4.78, 5) is 0. The molecule has 0 fully saturated rings. The molecular weight excluding hydrogens is 753 g/mol. The molecule has 0 aliphatic rings. The van der Waals surface area contributed by atoms with Crippen molar-refractivity contribution >= 4 is 86.2 Å². The van der Waals surface area contributed by atoms with Gasteiger partial charge >= 0.3 is 0 Å². The molecule has 0 heterocycles. The Morgan fingerprint density at radius 3 is 1.06 bits per heavy atom. The van der Waals surface area contributed by atoms with Crippen molar-refractivity contribution in [3.63, 3.8) is 0 Å². The minimum Gasteiger partial charge on any atom is -0.493 e. The lowest BCUT2D eigenvalue weighted by atomic mass is 9.90. The highest BCUT2D eigenvalue weighted by Gasteiger charge is 2.20. The van der Waals surface area contributed by atoms with Gasteiger partial charge in [0.05, 0.1) is 13.2 Å². The Kier molecular flexibility index (Phi) is 9.10. The van der Waals surface area contributed by atoms with Gasteiger partial charge in [-0.2, -0.15) is 0 Å². The van der Waals surface area contributed by atoms with Gasteiger partial charge in [-0.15, -0.1) is 0 Å². The van der Waals surface area contributed by atoms with E-state index in [2.05, 4.69) is 182 Å². The molecule has 0 atom stereocenters. The highest BCUT2D eigenvalue weighted by molar-refractivity contribution is 6.24. The van der Waals surface area contributed by atoms with Crippen molar-refractivity contribution in [3.8, 4) is 22.6 Å². The smallest absolute Gasteiger partial charge is 0.127 e. The summed E-state index contributed by atoms with van der Waals surface area (Å²) in [6.45, 7) is 1.28.